The second kappa shape index (κ2) is 7.55. The van der Waals surface area contributed by atoms with Crippen LogP contribution in [-0.2, 0) is 16.5 Å². The van der Waals surface area contributed by atoms with Gasteiger partial charge in [-0.25, -0.2) is 0 Å². The van der Waals surface area contributed by atoms with Gasteiger partial charge >= 0.3 is 0 Å². The first-order valence-corrected chi connectivity index (χ1v) is 8.16. The summed E-state index contributed by atoms with van der Waals surface area (Å²) in [4.78, 5) is 0. The molecule has 2 heteroatoms. The fraction of sp³-hybridized carbons (Fsp3) is 0.0526. The summed E-state index contributed by atoms with van der Waals surface area (Å²) in [5.41, 5.74) is 1.37. The molecule has 0 saturated heterocycles. The molecule has 0 heterocycles. The van der Waals surface area contributed by atoms with Crippen LogP contribution in [0.15, 0.2) is 84.9 Å². The van der Waals surface area contributed by atoms with E-state index in [0.717, 1.165) is 0 Å². The van der Waals surface area contributed by atoms with E-state index in [1.165, 1.54) is 21.5 Å². The van der Waals surface area contributed by atoms with E-state index in [9.17, 15) is 0 Å². The van der Waals surface area contributed by atoms with Gasteiger partial charge in [0.05, 0.1) is 0 Å². The predicted octanol–water partition coefficient (Wildman–Crippen LogP) is 3.75. The van der Waals surface area contributed by atoms with E-state index in [1.807, 2.05) is 0 Å². The molecule has 0 bridgehead atoms. The molecule has 0 radical (unpaired) electrons. The number of rotatable bonds is 3. The summed E-state index contributed by atoms with van der Waals surface area (Å²) in [6, 6.07) is 30.4. The van der Waals surface area contributed by atoms with Crippen LogP contribution in [0.5, 0.6) is 0 Å². The van der Waals surface area contributed by atoms with Gasteiger partial charge in [0.15, 0.2) is 0 Å². The van der Waals surface area contributed by atoms with Crippen molar-refractivity contribution in [2.75, 3.05) is 0 Å². The second-order valence-electron chi connectivity index (χ2n) is 4.79. The summed E-state index contributed by atoms with van der Waals surface area (Å²) in [5.74, 6) is 0. The maximum atomic E-state index is 2.26. The maximum absolute atomic E-state index is 2.26. The van der Waals surface area contributed by atoms with Gasteiger partial charge in [-0.2, -0.15) is 0 Å². The molecule has 0 unspecified atom stereocenters. The van der Waals surface area contributed by atoms with Crippen molar-refractivity contribution >= 4 is 23.8 Å². The third kappa shape index (κ3) is 3.62. The fourth-order valence-corrected chi connectivity index (χ4v) is 4.85. The van der Waals surface area contributed by atoms with Gasteiger partial charge in [0.25, 0.3) is 0 Å². The Bertz CT molecular complexity index is 641. The standard InChI is InChI=1S/C19H17P.Ni/c1-16-10-8-9-15-19(16)20(17-11-4-2-5-12-17)18-13-6-3-7-14-18;/h2-15H,1H3;. The molecule has 0 amide bonds. The van der Waals surface area contributed by atoms with Crippen LogP contribution in [0.1, 0.15) is 5.56 Å². The molecule has 0 aromatic heterocycles. The summed E-state index contributed by atoms with van der Waals surface area (Å²) in [7, 11) is -0.467. The molecule has 3 rings (SSSR count). The van der Waals surface area contributed by atoms with Crippen molar-refractivity contribution in [3.8, 4) is 0 Å². The Morgan fingerprint density at radius 2 is 1.00 bits per heavy atom. The quantitative estimate of drug-likeness (QED) is 0.505. The Kier molecular flexibility index (Phi) is 5.74. The van der Waals surface area contributed by atoms with Gasteiger partial charge in [0, 0.05) is 16.5 Å². The Hall–Kier alpha value is -1.42. The summed E-state index contributed by atoms with van der Waals surface area (Å²) < 4.78 is 0. The zero-order valence-corrected chi connectivity index (χ0v) is 13.7. The van der Waals surface area contributed by atoms with Crippen molar-refractivity contribution < 1.29 is 16.5 Å². The largest absolute Gasteiger partial charge is 0.0622 e. The van der Waals surface area contributed by atoms with E-state index in [1.54, 1.807) is 0 Å². The molecule has 0 aliphatic rings. The molecular formula is C19H17NiP. The Morgan fingerprint density at radius 1 is 0.571 bits per heavy atom. The van der Waals surface area contributed by atoms with Crippen LogP contribution in [-0.4, -0.2) is 0 Å². The fourth-order valence-electron chi connectivity index (χ4n) is 2.40. The molecule has 108 valence electrons. The molecule has 0 N–H and O–H groups in total. The minimum absolute atomic E-state index is 0. The maximum Gasteiger partial charge on any atom is 0 e. The molecule has 0 nitrogen and oxygen atoms in total. The summed E-state index contributed by atoms with van der Waals surface area (Å²) in [6.45, 7) is 2.20. The third-order valence-corrected chi connectivity index (χ3v) is 6.00. The predicted molar refractivity (Wildman–Crippen MR) is 89.9 cm³/mol. The smallest absolute Gasteiger partial charge is 0 e. The molecule has 0 spiro atoms. The SMILES string of the molecule is Cc1ccccc1P(c1ccccc1)c1ccccc1.[Ni]. The number of hydrogen-bond acceptors (Lipinski definition) is 0. The number of aryl methyl sites for hydroxylation is 1. The van der Waals surface area contributed by atoms with Crippen LogP contribution < -0.4 is 15.9 Å². The van der Waals surface area contributed by atoms with E-state index in [2.05, 4.69) is 91.9 Å². The van der Waals surface area contributed by atoms with Gasteiger partial charge in [-0.05, 0) is 36.3 Å². The van der Waals surface area contributed by atoms with Gasteiger partial charge in [0.2, 0.25) is 0 Å². The first-order chi connectivity index (χ1) is 9.86. The monoisotopic (exact) mass is 334 g/mol. The van der Waals surface area contributed by atoms with Crippen LogP contribution in [0.4, 0.5) is 0 Å². The van der Waals surface area contributed by atoms with Crippen molar-refractivity contribution in [3.63, 3.8) is 0 Å². The number of hydrogen-bond donors (Lipinski definition) is 0. The number of benzene rings is 3. The van der Waals surface area contributed by atoms with Gasteiger partial charge < -0.3 is 0 Å². The van der Waals surface area contributed by atoms with Gasteiger partial charge in [-0.15, -0.1) is 0 Å². The molecule has 3 aromatic rings. The van der Waals surface area contributed by atoms with Crippen LogP contribution in [0, 0.1) is 6.92 Å². The molecule has 21 heavy (non-hydrogen) atoms. The third-order valence-electron chi connectivity index (χ3n) is 3.39. The Labute approximate surface area is 137 Å². The summed E-state index contributed by atoms with van der Waals surface area (Å²) in [6.07, 6.45) is 0. The average Bonchev–Trinajstić information content (AvgIpc) is 2.52. The normalized spacial score (nSPS) is 10.2. The second-order valence-corrected chi connectivity index (χ2v) is 6.98. The molecule has 0 fully saturated rings. The van der Waals surface area contributed by atoms with E-state index in [-0.39, 0.29) is 16.5 Å². The molecule has 0 aliphatic heterocycles. The molecule has 0 atom stereocenters. The van der Waals surface area contributed by atoms with Crippen LogP contribution in [0.25, 0.3) is 0 Å². The molecule has 0 aliphatic carbocycles. The van der Waals surface area contributed by atoms with Crippen LogP contribution in [0.3, 0.4) is 0 Å². The summed E-state index contributed by atoms with van der Waals surface area (Å²) >= 11 is 0. The summed E-state index contributed by atoms with van der Waals surface area (Å²) in [5, 5.41) is 4.26. The molecule has 3 aromatic carbocycles. The minimum Gasteiger partial charge on any atom is -0.0622 e. The van der Waals surface area contributed by atoms with Crippen molar-refractivity contribution in [2.24, 2.45) is 0 Å². The van der Waals surface area contributed by atoms with E-state index < -0.39 is 7.92 Å². The van der Waals surface area contributed by atoms with Crippen molar-refractivity contribution in [3.05, 3.63) is 90.5 Å². The van der Waals surface area contributed by atoms with E-state index in [4.69, 9.17) is 0 Å². The van der Waals surface area contributed by atoms with Crippen LogP contribution >= 0.6 is 7.92 Å². The zero-order chi connectivity index (χ0) is 13.8. The van der Waals surface area contributed by atoms with E-state index in [0.29, 0.717) is 0 Å². The first kappa shape index (κ1) is 16.0. The van der Waals surface area contributed by atoms with E-state index >= 15 is 0 Å². The van der Waals surface area contributed by atoms with Crippen LogP contribution in [0.2, 0.25) is 0 Å². The zero-order valence-electron chi connectivity index (χ0n) is 11.8. The van der Waals surface area contributed by atoms with Crippen molar-refractivity contribution in [2.45, 2.75) is 6.92 Å². The van der Waals surface area contributed by atoms with Crippen molar-refractivity contribution in [1.82, 2.24) is 0 Å². The first-order valence-electron chi connectivity index (χ1n) is 6.82. The minimum atomic E-state index is -0.467. The Balaban J connectivity index is 0.00000161. The Morgan fingerprint density at radius 3 is 1.48 bits per heavy atom. The topological polar surface area (TPSA) is 0 Å². The average molecular weight is 335 g/mol. The molecule has 0 saturated carbocycles. The molecular weight excluding hydrogens is 318 g/mol. The van der Waals surface area contributed by atoms with Crippen molar-refractivity contribution in [1.29, 1.82) is 0 Å². The van der Waals surface area contributed by atoms with Gasteiger partial charge in [0.1, 0.15) is 0 Å². The van der Waals surface area contributed by atoms with Gasteiger partial charge in [-0.3, -0.25) is 0 Å². The van der Waals surface area contributed by atoms with Gasteiger partial charge in [-0.1, -0.05) is 84.9 Å².